The lowest BCUT2D eigenvalue weighted by molar-refractivity contribution is -0.168. The highest BCUT2D eigenvalue weighted by atomic mass is 16.6. The molecule has 0 aliphatic heterocycles. The van der Waals surface area contributed by atoms with Gasteiger partial charge in [0.05, 0.1) is 0 Å². The number of ether oxygens (including phenoxy) is 2. The molecule has 0 rings (SSSR count). The van der Waals surface area contributed by atoms with Crippen LogP contribution in [-0.4, -0.2) is 35.1 Å². The quantitative estimate of drug-likeness (QED) is 0.0485. The SMILES string of the molecule is CCCCCCCCCCCC(=O)NC(CCC(=O)OC(CCCCCC)(CCCCCC)CCCCCCCCC)C(=O)OC(CCCCCC)(CCCCCC)CCCCCCCCC. The van der Waals surface area contributed by atoms with Crippen LogP contribution in [0.15, 0.2) is 0 Å². The Labute approximate surface area is 419 Å². The van der Waals surface area contributed by atoms with Gasteiger partial charge >= 0.3 is 11.9 Å². The first-order chi connectivity index (χ1) is 32.7. The summed E-state index contributed by atoms with van der Waals surface area (Å²) in [6, 6.07) is -0.857. The second kappa shape index (κ2) is 48.1. The maximum atomic E-state index is 14.8. The Balaban J connectivity index is 6.49. The minimum absolute atomic E-state index is 0.0954. The second-order valence-electron chi connectivity index (χ2n) is 21.5. The Morgan fingerprint density at radius 3 is 0.896 bits per heavy atom. The van der Waals surface area contributed by atoms with E-state index >= 15 is 0 Å². The van der Waals surface area contributed by atoms with E-state index < -0.39 is 17.2 Å². The van der Waals surface area contributed by atoms with Gasteiger partial charge in [0.1, 0.15) is 17.2 Å². The molecule has 0 aromatic carbocycles. The monoisotopic (exact) mass is 946 g/mol. The van der Waals surface area contributed by atoms with Crippen molar-refractivity contribution in [2.24, 2.45) is 0 Å². The van der Waals surface area contributed by atoms with E-state index in [-0.39, 0.29) is 30.7 Å². The topological polar surface area (TPSA) is 81.7 Å². The zero-order chi connectivity index (χ0) is 49.4. The van der Waals surface area contributed by atoms with Gasteiger partial charge in [-0.3, -0.25) is 9.59 Å². The van der Waals surface area contributed by atoms with Crippen LogP contribution < -0.4 is 5.32 Å². The second-order valence-corrected chi connectivity index (χ2v) is 21.5. The summed E-state index contributed by atoms with van der Waals surface area (Å²) in [5.74, 6) is -0.647. The third kappa shape index (κ3) is 38.8. The van der Waals surface area contributed by atoms with E-state index in [0.717, 1.165) is 128 Å². The third-order valence-corrected chi connectivity index (χ3v) is 14.8. The molecule has 0 heterocycles. The van der Waals surface area contributed by atoms with Gasteiger partial charge in [-0.15, -0.1) is 0 Å². The number of carbonyl (C=O) groups is 3. The lowest BCUT2D eigenvalue weighted by Gasteiger charge is -2.36. The van der Waals surface area contributed by atoms with Gasteiger partial charge in [0.15, 0.2) is 0 Å². The molecule has 0 bridgehead atoms. The predicted octanol–water partition coefficient (Wildman–Crippen LogP) is 19.9. The highest BCUT2D eigenvalue weighted by Crippen LogP contribution is 2.36. The fourth-order valence-corrected chi connectivity index (χ4v) is 10.3. The Bertz CT molecular complexity index is 1070. The molecule has 0 spiro atoms. The van der Waals surface area contributed by atoms with Gasteiger partial charge in [-0.25, -0.2) is 4.79 Å². The summed E-state index contributed by atoms with van der Waals surface area (Å²) in [4.78, 5) is 42.8. The zero-order valence-electron chi connectivity index (χ0n) is 46.6. The standard InChI is InChI=1S/C61H119NO5/c1-8-15-22-29-32-33-34-37-40-47-57(63)62-56(59(65)67-61(53-43-27-20-13-6,54-44-28-21-14-7)55-46-39-36-31-24-17-10-3)48-49-58(64)66-60(50-41-25-18-11-4,51-42-26-19-12-5)52-45-38-35-30-23-16-9-2/h56H,8-55H2,1-7H3,(H,62,63). The molecule has 1 N–H and O–H groups in total. The van der Waals surface area contributed by atoms with Crippen LogP contribution in [0.25, 0.3) is 0 Å². The number of unbranched alkanes of at least 4 members (excludes halogenated alkanes) is 32. The third-order valence-electron chi connectivity index (χ3n) is 14.8. The largest absolute Gasteiger partial charge is 0.459 e. The molecule has 6 nitrogen and oxygen atoms in total. The summed E-state index contributed by atoms with van der Waals surface area (Å²) in [5.41, 5.74) is -0.995. The number of carbonyl (C=O) groups excluding carboxylic acids is 3. The Morgan fingerprint density at radius 2 is 0.582 bits per heavy atom. The van der Waals surface area contributed by atoms with Gasteiger partial charge in [0.25, 0.3) is 0 Å². The summed E-state index contributed by atoms with van der Waals surface area (Å²) in [6.45, 7) is 15.8. The van der Waals surface area contributed by atoms with Crippen molar-refractivity contribution in [3.8, 4) is 0 Å². The predicted molar refractivity (Wildman–Crippen MR) is 291 cm³/mol. The van der Waals surface area contributed by atoms with E-state index in [0.29, 0.717) is 6.42 Å². The lowest BCUT2D eigenvalue weighted by Crippen LogP contribution is -2.47. The molecule has 0 fully saturated rings. The van der Waals surface area contributed by atoms with E-state index in [1.165, 1.54) is 161 Å². The molecular weight excluding hydrogens is 827 g/mol. The number of hydrogen-bond acceptors (Lipinski definition) is 5. The molecule has 0 saturated heterocycles. The first-order valence-corrected chi connectivity index (χ1v) is 30.4. The van der Waals surface area contributed by atoms with Crippen molar-refractivity contribution < 1.29 is 23.9 Å². The molecule has 0 aliphatic carbocycles. The van der Waals surface area contributed by atoms with Crippen molar-refractivity contribution in [2.75, 3.05) is 0 Å². The molecule has 6 heteroatoms. The van der Waals surface area contributed by atoms with Crippen molar-refractivity contribution in [1.82, 2.24) is 5.32 Å². The van der Waals surface area contributed by atoms with Crippen molar-refractivity contribution in [1.29, 1.82) is 0 Å². The fourth-order valence-electron chi connectivity index (χ4n) is 10.3. The van der Waals surface area contributed by atoms with Gasteiger partial charge < -0.3 is 14.8 Å². The summed E-state index contributed by atoms with van der Waals surface area (Å²) < 4.78 is 13.6. The highest BCUT2D eigenvalue weighted by molar-refractivity contribution is 5.85. The fraction of sp³-hybridized carbons (Fsp3) is 0.951. The van der Waals surface area contributed by atoms with E-state index in [4.69, 9.17) is 9.47 Å². The van der Waals surface area contributed by atoms with Gasteiger partial charge in [-0.05, 0) is 89.9 Å². The lowest BCUT2D eigenvalue weighted by atomic mass is 9.84. The van der Waals surface area contributed by atoms with Crippen molar-refractivity contribution >= 4 is 17.8 Å². The number of hydrogen-bond donors (Lipinski definition) is 1. The van der Waals surface area contributed by atoms with E-state index in [1.807, 2.05) is 0 Å². The van der Waals surface area contributed by atoms with Gasteiger partial charge in [-0.2, -0.15) is 0 Å². The minimum Gasteiger partial charge on any atom is -0.459 e. The maximum absolute atomic E-state index is 14.8. The molecule has 398 valence electrons. The molecule has 0 aliphatic rings. The molecule has 0 aromatic heterocycles. The first-order valence-electron chi connectivity index (χ1n) is 30.4. The van der Waals surface area contributed by atoms with E-state index in [2.05, 4.69) is 53.8 Å². The van der Waals surface area contributed by atoms with Crippen LogP contribution in [0.4, 0.5) is 0 Å². The molecule has 0 saturated carbocycles. The summed E-state index contributed by atoms with van der Waals surface area (Å²) in [7, 11) is 0. The van der Waals surface area contributed by atoms with Gasteiger partial charge in [0, 0.05) is 12.8 Å². The average Bonchev–Trinajstić information content (AvgIpc) is 3.32. The number of amides is 1. The van der Waals surface area contributed by atoms with Crippen molar-refractivity contribution in [3.05, 3.63) is 0 Å². The molecule has 67 heavy (non-hydrogen) atoms. The van der Waals surface area contributed by atoms with Crippen LogP contribution in [-0.2, 0) is 23.9 Å². The van der Waals surface area contributed by atoms with Crippen LogP contribution >= 0.6 is 0 Å². The number of rotatable bonds is 53. The van der Waals surface area contributed by atoms with Gasteiger partial charge in [-0.1, -0.05) is 254 Å². The smallest absolute Gasteiger partial charge is 0.329 e. The van der Waals surface area contributed by atoms with Crippen LogP contribution in [0.3, 0.4) is 0 Å². The van der Waals surface area contributed by atoms with Crippen LogP contribution in [0.5, 0.6) is 0 Å². The Hall–Kier alpha value is -1.59. The van der Waals surface area contributed by atoms with Crippen LogP contribution in [0.1, 0.15) is 357 Å². The molecule has 0 aromatic rings. The zero-order valence-corrected chi connectivity index (χ0v) is 46.6. The summed E-state index contributed by atoms with van der Waals surface area (Å²) in [6.07, 6.45) is 52.4. The van der Waals surface area contributed by atoms with Crippen molar-refractivity contribution in [3.63, 3.8) is 0 Å². The molecule has 0 radical (unpaired) electrons. The normalized spacial score (nSPS) is 12.4. The van der Waals surface area contributed by atoms with E-state index in [9.17, 15) is 14.4 Å². The molecule has 1 unspecified atom stereocenters. The van der Waals surface area contributed by atoms with Crippen molar-refractivity contribution in [2.45, 2.75) is 374 Å². The van der Waals surface area contributed by atoms with Gasteiger partial charge in [0.2, 0.25) is 5.91 Å². The molecule has 1 amide bonds. The average molecular weight is 947 g/mol. The molecule has 1 atom stereocenters. The Morgan fingerprint density at radius 1 is 0.328 bits per heavy atom. The minimum atomic E-state index is -0.857. The summed E-state index contributed by atoms with van der Waals surface area (Å²) >= 11 is 0. The highest BCUT2D eigenvalue weighted by Gasteiger charge is 2.37. The number of nitrogens with one attached hydrogen (secondary N) is 1. The van der Waals surface area contributed by atoms with Crippen LogP contribution in [0, 0.1) is 0 Å². The van der Waals surface area contributed by atoms with Crippen LogP contribution in [0.2, 0.25) is 0 Å². The molecular formula is C61H119NO5. The Kier molecular flexibility index (Phi) is 46.9. The first kappa shape index (κ1) is 65.4. The summed E-state index contributed by atoms with van der Waals surface area (Å²) in [5, 5.41) is 3.17. The maximum Gasteiger partial charge on any atom is 0.329 e. The number of esters is 2. The van der Waals surface area contributed by atoms with E-state index in [1.54, 1.807) is 0 Å².